The molecule has 0 radical (unpaired) electrons. The predicted molar refractivity (Wildman–Crippen MR) is 106 cm³/mol. The maximum atomic E-state index is 12.9. The maximum absolute atomic E-state index is 12.9. The van der Waals surface area contributed by atoms with Crippen molar-refractivity contribution in [3.05, 3.63) is 63.9 Å². The molecular weight excluding hydrogens is 414 g/mol. The van der Waals surface area contributed by atoms with E-state index in [0.29, 0.717) is 19.4 Å². The second-order valence-electron chi connectivity index (χ2n) is 5.98. The Morgan fingerprint density at radius 2 is 1.70 bits per heavy atom. The molecule has 0 atom stereocenters. The van der Waals surface area contributed by atoms with E-state index in [-0.39, 0.29) is 28.1 Å². The van der Waals surface area contributed by atoms with Crippen molar-refractivity contribution in [3.8, 4) is 0 Å². The van der Waals surface area contributed by atoms with Crippen molar-refractivity contribution >= 4 is 44.8 Å². The highest BCUT2D eigenvalue weighted by atomic mass is 35.5. The Hall–Kier alpha value is -1.83. The lowest BCUT2D eigenvalue weighted by molar-refractivity contribution is -0.119. The van der Waals surface area contributed by atoms with Gasteiger partial charge in [-0.3, -0.25) is 9.10 Å². The van der Waals surface area contributed by atoms with E-state index in [4.69, 9.17) is 23.2 Å². The fourth-order valence-corrected chi connectivity index (χ4v) is 3.80. The molecule has 0 saturated carbocycles. The molecule has 9 heteroatoms. The fourth-order valence-electron chi connectivity index (χ4n) is 2.44. The number of amides is 1. The molecule has 0 aromatic heterocycles. The van der Waals surface area contributed by atoms with Crippen molar-refractivity contribution in [2.45, 2.75) is 12.8 Å². The minimum Gasteiger partial charge on any atom is -0.355 e. The Kier molecular flexibility index (Phi) is 7.47. The van der Waals surface area contributed by atoms with Crippen LogP contribution in [0.5, 0.6) is 0 Å². The molecule has 2 rings (SSSR count). The van der Waals surface area contributed by atoms with E-state index in [0.717, 1.165) is 16.1 Å². The van der Waals surface area contributed by atoms with Gasteiger partial charge in [0, 0.05) is 16.6 Å². The molecule has 2 aromatic carbocycles. The first-order chi connectivity index (χ1) is 12.6. The average Bonchev–Trinajstić information content (AvgIpc) is 2.56. The lowest BCUT2D eigenvalue weighted by atomic mass is 10.1. The molecule has 0 unspecified atom stereocenters. The second kappa shape index (κ2) is 9.39. The van der Waals surface area contributed by atoms with E-state index in [2.05, 4.69) is 5.32 Å². The maximum Gasteiger partial charge on any atom is 0.240 e. The third kappa shape index (κ3) is 7.01. The first-order valence-electron chi connectivity index (χ1n) is 8.10. The smallest absolute Gasteiger partial charge is 0.240 e. The van der Waals surface area contributed by atoms with Crippen LogP contribution < -0.4 is 9.62 Å². The monoisotopic (exact) mass is 432 g/mol. The molecule has 0 fully saturated rings. The molecule has 2 aromatic rings. The summed E-state index contributed by atoms with van der Waals surface area (Å²) in [5.74, 6) is -0.746. The number of halogens is 3. The summed E-state index contributed by atoms with van der Waals surface area (Å²) in [6, 6.07) is 10.5. The third-order valence-electron chi connectivity index (χ3n) is 3.70. The highest BCUT2D eigenvalue weighted by Gasteiger charge is 2.21. The molecule has 1 amide bonds. The van der Waals surface area contributed by atoms with Gasteiger partial charge < -0.3 is 5.32 Å². The van der Waals surface area contributed by atoms with Gasteiger partial charge in [0.2, 0.25) is 15.9 Å². The van der Waals surface area contributed by atoms with Crippen LogP contribution in [0.25, 0.3) is 0 Å². The minimum absolute atomic E-state index is 0.219. The van der Waals surface area contributed by atoms with Gasteiger partial charge in [-0.05, 0) is 48.7 Å². The Morgan fingerprint density at radius 1 is 1.11 bits per heavy atom. The van der Waals surface area contributed by atoms with Gasteiger partial charge in [0.25, 0.3) is 0 Å². The number of aryl methyl sites for hydroxylation is 1. The summed E-state index contributed by atoms with van der Waals surface area (Å²) in [4.78, 5) is 12.2. The summed E-state index contributed by atoms with van der Waals surface area (Å²) >= 11 is 11.8. The van der Waals surface area contributed by atoms with Gasteiger partial charge >= 0.3 is 0 Å². The molecule has 5 nitrogen and oxygen atoms in total. The van der Waals surface area contributed by atoms with E-state index in [9.17, 15) is 17.6 Å². The summed E-state index contributed by atoms with van der Waals surface area (Å²) in [5, 5.41) is 3.22. The van der Waals surface area contributed by atoms with Crippen LogP contribution in [0, 0.1) is 5.82 Å². The first-order valence-corrected chi connectivity index (χ1v) is 10.7. The van der Waals surface area contributed by atoms with Crippen LogP contribution in [0.3, 0.4) is 0 Å². The summed E-state index contributed by atoms with van der Waals surface area (Å²) in [6.07, 6.45) is 2.31. The standard InChI is InChI=1S/C18H19Cl2FN2O3S/c1-27(25,26)23(17-10-14(19)9-15(20)11-17)12-18(24)22-8-2-3-13-4-6-16(21)7-5-13/h4-7,9-11H,2-3,8,12H2,1H3,(H,22,24). The molecule has 146 valence electrons. The lowest BCUT2D eigenvalue weighted by Gasteiger charge is -2.22. The number of nitrogens with one attached hydrogen (secondary N) is 1. The number of benzene rings is 2. The van der Waals surface area contributed by atoms with Gasteiger partial charge in [0.15, 0.2) is 0 Å². The Morgan fingerprint density at radius 3 is 2.26 bits per heavy atom. The van der Waals surface area contributed by atoms with Gasteiger partial charge in [-0.25, -0.2) is 12.8 Å². The molecule has 0 aliphatic heterocycles. The number of nitrogens with zero attached hydrogens (tertiary/aromatic N) is 1. The first kappa shape index (κ1) is 21.5. The molecule has 0 aliphatic carbocycles. The SMILES string of the molecule is CS(=O)(=O)N(CC(=O)NCCCc1ccc(F)cc1)c1cc(Cl)cc(Cl)c1. The normalized spacial score (nSPS) is 11.3. The highest BCUT2D eigenvalue weighted by molar-refractivity contribution is 7.92. The molecule has 1 N–H and O–H groups in total. The zero-order valence-corrected chi connectivity index (χ0v) is 16.9. The minimum atomic E-state index is -3.70. The Labute approximate surface area is 168 Å². The van der Waals surface area contributed by atoms with Gasteiger partial charge in [0.1, 0.15) is 12.4 Å². The van der Waals surface area contributed by atoms with Gasteiger partial charge in [-0.15, -0.1) is 0 Å². The topological polar surface area (TPSA) is 66.5 Å². The molecule has 0 spiro atoms. The zero-order valence-electron chi connectivity index (χ0n) is 14.6. The van der Waals surface area contributed by atoms with Crippen LogP contribution in [0.15, 0.2) is 42.5 Å². The highest BCUT2D eigenvalue weighted by Crippen LogP contribution is 2.26. The van der Waals surface area contributed by atoms with Crippen LogP contribution in [-0.4, -0.2) is 33.7 Å². The van der Waals surface area contributed by atoms with Crippen LogP contribution in [-0.2, 0) is 21.2 Å². The summed E-state index contributed by atoms with van der Waals surface area (Å²) in [6.45, 7) is -0.0177. The van der Waals surface area contributed by atoms with Crippen molar-refractivity contribution in [1.29, 1.82) is 0 Å². The molecule has 0 saturated heterocycles. The number of hydrogen-bond acceptors (Lipinski definition) is 3. The summed E-state index contributed by atoms with van der Waals surface area (Å²) < 4.78 is 37.9. The van der Waals surface area contributed by atoms with Crippen molar-refractivity contribution in [2.75, 3.05) is 23.7 Å². The van der Waals surface area contributed by atoms with Crippen LogP contribution >= 0.6 is 23.2 Å². The van der Waals surface area contributed by atoms with E-state index in [1.807, 2.05) is 0 Å². The molecule has 0 aliphatic rings. The Balaban J connectivity index is 1.93. The summed E-state index contributed by atoms with van der Waals surface area (Å²) in [5.41, 5.74) is 1.17. The van der Waals surface area contributed by atoms with Gasteiger partial charge in [-0.1, -0.05) is 35.3 Å². The quantitative estimate of drug-likeness (QED) is 0.647. The van der Waals surface area contributed by atoms with Gasteiger partial charge in [-0.2, -0.15) is 0 Å². The fraction of sp³-hybridized carbons (Fsp3) is 0.278. The number of carbonyl (C=O) groups excluding carboxylic acids is 1. The predicted octanol–water partition coefficient (Wildman–Crippen LogP) is 3.65. The number of rotatable bonds is 8. The molecule has 0 heterocycles. The Bertz CT molecular complexity index is 885. The van der Waals surface area contributed by atoms with E-state index < -0.39 is 15.9 Å². The van der Waals surface area contributed by atoms with E-state index in [1.54, 1.807) is 12.1 Å². The van der Waals surface area contributed by atoms with Crippen molar-refractivity contribution in [1.82, 2.24) is 5.32 Å². The van der Waals surface area contributed by atoms with Crippen molar-refractivity contribution in [3.63, 3.8) is 0 Å². The number of anilines is 1. The summed E-state index contributed by atoms with van der Waals surface area (Å²) in [7, 11) is -3.70. The number of hydrogen-bond donors (Lipinski definition) is 1. The van der Waals surface area contributed by atoms with E-state index >= 15 is 0 Å². The number of carbonyl (C=O) groups is 1. The largest absolute Gasteiger partial charge is 0.355 e. The van der Waals surface area contributed by atoms with Crippen molar-refractivity contribution in [2.24, 2.45) is 0 Å². The lowest BCUT2D eigenvalue weighted by Crippen LogP contribution is -2.40. The molecular formula is C18H19Cl2FN2O3S. The number of sulfonamides is 1. The van der Waals surface area contributed by atoms with Crippen LogP contribution in [0.1, 0.15) is 12.0 Å². The van der Waals surface area contributed by atoms with Crippen LogP contribution in [0.4, 0.5) is 10.1 Å². The van der Waals surface area contributed by atoms with Crippen molar-refractivity contribution < 1.29 is 17.6 Å². The molecule has 27 heavy (non-hydrogen) atoms. The van der Waals surface area contributed by atoms with Crippen LogP contribution in [0.2, 0.25) is 10.0 Å². The van der Waals surface area contributed by atoms with Gasteiger partial charge in [0.05, 0.1) is 11.9 Å². The molecule has 0 bridgehead atoms. The third-order valence-corrected chi connectivity index (χ3v) is 5.28. The average molecular weight is 433 g/mol. The zero-order chi connectivity index (χ0) is 20.0. The van der Waals surface area contributed by atoms with E-state index in [1.165, 1.54) is 30.3 Å². The second-order valence-corrected chi connectivity index (χ2v) is 8.76.